The molecule has 1 atom stereocenters. The minimum Gasteiger partial charge on any atom is -0.547 e. The van der Waals surface area contributed by atoms with Gasteiger partial charge in [0.2, 0.25) is 0 Å². The van der Waals surface area contributed by atoms with Crippen molar-refractivity contribution in [2.24, 2.45) is 0 Å². The maximum Gasteiger partial charge on any atom is 0.118 e. The Labute approximate surface area is 75.4 Å². The van der Waals surface area contributed by atoms with Gasteiger partial charge in [0.25, 0.3) is 0 Å². The molecule has 1 aromatic carbocycles. The van der Waals surface area contributed by atoms with Crippen molar-refractivity contribution in [2.75, 3.05) is 7.11 Å². The third kappa shape index (κ3) is 2.19. The molecule has 0 fully saturated rings. The number of aliphatic carboxylic acids is 1. The number of carbonyl (C=O) groups excluding carboxylic acids is 1. The molecule has 0 aliphatic carbocycles. The van der Waals surface area contributed by atoms with Crippen molar-refractivity contribution in [3.05, 3.63) is 29.8 Å². The van der Waals surface area contributed by atoms with E-state index in [1.165, 1.54) is 19.2 Å². The second-order valence-corrected chi connectivity index (χ2v) is 2.49. The van der Waals surface area contributed by atoms with Crippen LogP contribution < -0.4 is 9.84 Å². The van der Waals surface area contributed by atoms with Crippen LogP contribution in [0.2, 0.25) is 0 Å². The third-order valence-corrected chi connectivity index (χ3v) is 1.65. The van der Waals surface area contributed by atoms with Crippen molar-refractivity contribution in [3.63, 3.8) is 0 Å². The second kappa shape index (κ2) is 3.91. The molecule has 1 aromatic rings. The van der Waals surface area contributed by atoms with E-state index in [0.717, 1.165) is 0 Å². The van der Waals surface area contributed by atoms with Crippen molar-refractivity contribution in [1.82, 2.24) is 0 Å². The van der Waals surface area contributed by atoms with Crippen LogP contribution in [0.3, 0.4) is 0 Å². The summed E-state index contributed by atoms with van der Waals surface area (Å²) in [4.78, 5) is 10.3. The number of hydrogen-bond acceptors (Lipinski definition) is 4. The standard InChI is InChI=1S/C9H10O4/c1-13-7-4-2-6(3-5-7)8(10)9(11)12/h2-5,8,10H,1H3,(H,11,12)/p-1/t8-/m0/s1. The van der Waals surface area contributed by atoms with Crippen LogP contribution in [-0.2, 0) is 4.79 Å². The number of rotatable bonds is 3. The summed E-state index contributed by atoms with van der Waals surface area (Å²) in [6.45, 7) is 0. The molecule has 0 saturated heterocycles. The molecule has 0 amide bonds. The third-order valence-electron chi connectivity index (χ3n) is 1.65. The van der Waals surface area contributed by atoms with Gasteiger partial charge in [0, 0.05) is 0 Å². The first-order valence-corrected chi connectivity index (χ1v) is 3.68. The average molecular weight is 181 g/mol. The Hall–Kier alpha value is -1.55. The highest BCUT2D eigenvalue weighted by atomic mass is 16.5. The molecule has 0 spiro atoms. The van der Waals surface area contributed by atoms with Crippen LogP contribution in [0.4, 0.5) is 0 Å². The molecule has 0 aliphatic heterocycles. The maximum atomic E-state index is 10.3. The fourth-order valence-corrected chi connectivity index (χ4v) is 0.922. The van der Waals surface area contributed by atoms with Gasteiger partial charge in [-0.1, -0.05) is 12.1 Å². The molecular weight excluding hydrogens is 172 g/mol. The largest absolute Gasteiger partial charge is 0.547 e. The molecule has 4 nitrogen and oxygen atoms in total. The summed E-state index contributed by atoms with van der Waals surface area (Å²) in [5.74, 6) is -0.903. The summed E-state index contributed by atoms with van der Waals surface area (Å²) in [5.41, 5.74) is 0.279. The Morgan fingerprint density at radius 1 is 1.46 bits per heavy atom. The van der Waals surface area contributed by atoms with Gasteiger partial charge < -0.3 is 19.7 Å². The molecule has 70 valence electrons. The van der Waals surface area contributed by atoms with Gasteiger partial charge in [-0.2, -0.15) is 0 Å². The monoisotopic (exact) mass is 181 g/mol. The number of ether oxygens (including phenoxy) is 1. The van der Waals surface area contributed by atoms with Crippen LogP contribution >= 0.6 is 0 Å². The number of carboxylic acids is 1. The van der Waals surface area contributed by atoms with E-state index in [0.29, 0.717) is 5.75 Å². The molecule has 0 aliphatic rings. The smallest absolute Gasteiger partial charge is 0.118 e. The summed E-state index contributed by atoms with van der Waals surface area (Å²) in [6.07, 6.45) is -1.58. The Morgan fingerprint density at radius 3 is 2.38 bits per heavy atom. The zero-order valence-corrected chi connectivity index (χ0v) is 7.06. The lowest BCUT2D eigenvalue weighted by atomic mass is 10.1. The van der Waals surface area contributed by atoms with E-state index in [1.54, 1.807) is 12.1 Å². The van der Waals surface area contributed by atoms with E-state index in [2.05, 4.69) is 0 Å². The minimum atomic E-state index is -1.58. The van der Waals surface area contributed by atoms with Gasteiger partial charge in [0.1, 0.15) is 11.9 Å². The van der Waals surface area contributed by atoms with Crippen molar-refractivity contribution >= 4 is 5.97 Å². The summed E-state index contributed by atoms with van der Waals surface area (Å²) in [5, 5.41) is 19.3. The van der Waals surface area contributed by atoms with Crippen LogP contribution in [0, 0.1) is 0 Å². The predicted octanol–water partition coefficient (Wildman–Crippen LogP) is -0.522. The molecule has 0 unspecified atom stereocenters. The molecule has 4 heteroatoms. The molecule has 1 N–H and O–H groups in total. The SMILES string of the molecule is COc1ccc([C@H](O)C(=O)[O-])cc1. The first kappa shape index (κ1) is 9.54. The lowest BCUT2D eigenvalue weighted by Gasteiger charge is -2.11. The number of methoxy groups -OCH3 is 1. The van der Waals surface area contributed by atoms with Gasteiger partial charge >= 0.3 is 0 Å². The Bertz CT molecular complexity index is 291. The molecule has 0 bridgehead atoms. The molecule has 0 saturated carbocycles. The first-order chi connectivity index (χ1) is 6.15. The number of hydrogen-bond donors (Lipinski definition) is 1. The van der Waals surface area contributed by atoms with Gasteiger partial charge in [-0.05, 0) is 17.7 Å². The van der Waals surface area contributed by atoms with Gasteiger partial charge in [-0.15, -0.1) is 0 Å². The fourth-order valence-electron chi connectivity index (χ4n) is 0.922. The average Bonchev–Trinajstić information content (AvgIpc) is 2.17. The predicted molar refractivity (Wildman–Crippen MR) is 43.0 cm³/mol. The normalized spacial score (nSPS) is 12.2. The summed E-state index contributed by atoms with van der Waals surface area (Å²) < 4.78 is 4.86. The molecular formula is C9H9O4-. The van der Waals surface area contributed by atoms with E-state index in [9.17, 15) is 9.90 Å². The Kier molecular flexibility index (Phi) is 2.87. The van der Waals surface area contributed by atoms with Crippen molar-refractivity contribution in [3.8, 4) is 5.75 Å². The van der Waals surface area contributed by atoms with Crippen LogP contribution in [0.15, 0.2) is 24.3 Å². The van der Waals surface area contributed by atoms with E-state index < -0.39 is 12.1 Å². The van der Waals surface area contributed by atoms with Gasteiger partial charge in [0.05, 0.1) is 13.1 Å². The van der Waals surface area contributed by atoms with E-state index in [-0.39, 0.29) is 5.56 Å². The molecule has 1 rings (SSSR count). The quantitative estimate of drug-likeness (QED) is 0.681. The van der Waals surface area contributed by atoms with Crippen LogP contribution in [0.5, 0.6) is 5.75 Å². The lowest BCUT2D eigenvalue weighted by molar-refractivity contribution is -0.315. The fraction of sp³-hybridized carbons (Fsp3) is 0.222. The van der Waals surface area contributed by atoms with Crippen molar-refractivity contribution in [1.29, 1.82) is 0 Å². The highest BCUT2D eigenvalue weighted by molar-refractivity contribution is 5.71. The molecule has 13 heavy (non-hydrogen) atoms. The zero-order chi connectivity index (χ0) is 9.84. The second-order valence-electron chi connectivity index (χ2n) is 2.49. The highest BCUT2D eigenvalue weighted by Gasteiger charge is 2.07. The van der Waals surface area contributed by atoms with Gasteiger partial charge in [-0.3, -0.25) is 0 Å². The first-order valence-electron chi connectivity index (χ1n) is 3.68. The number of aliphatic hydroxyl groups excluding tert-OH is 1. The summed E-state index contributed by atoms with van der Waals surface area (Å²) >= 11 is 0. The minimum absolute atomic E-state index is 0.279. The highest BCUT2D eigenvalue weighted by Crippen LogP contribution is 2.16. The van der Waals surface area contributed by atoms with E-state index >= 15 is 0 Å². The Morgan fingerprint density at radius 2 is 2.00 bits per heavy atom. The number of benzene rings is 1. The van der Waals surface area contributed by atoms with Crippen molar-refractivity contribution < 1.29 is 19.7 Å². The van der Waals surface area contributed by atoms with Crippen LogP contribution in [-0.4, -0.2) is 18.2 Å². The zero-order valence-electron chi connectivity index (χ0n) is 7.06. The topological polar surface area (TPSA) is 69.6 Å². The summed E-state index contributed by atoms with van der Waals surface area (Å²) in [7, 11) is 1.50. The van der Waals surface area contributed by atoms with Crippen LogP contribution in [0.1, 0.15) is 11.7 Å². The Balaban J connectivity index is 2.85. The van der Waals surface area contributed by atoms with E-state index in [4.69, 9.17) is 9.84 Å². The number of aliphatic hydroxyl groups is 1. The molecule has 0 radical (unpaired) electrons. The van der Waals surface area contributed by atoms with Crippen LogP contribution in [0.25, 0.3) is 0 Å². The maximum absolute atomic E-state index is 10.3. The number of carbonyl (C=O) groups is 1. The van der Waals surface area contributed by atoms with Crippen molar-refractivity contribution in [2.45, 2.75) is 6.10 Å². The van der Waals surface area contributed by atoms with Gasteiger partial charge in [0.15, 0.2) is 0 Å². The molecule has 0 heterocycles. The number of carboxylic acid groups (broad SMARTS) is 1. The van der Waals surface area contributed by atoms with Gasteiger partial charge in [-0.25, -0.2) is 0 Å². The lowest BCUT2D eigenvalue weighted by Crippen LogP contribution is -2.29. The molecule has 0 aromatic heterocycles. The summed E-state index contributed by atoms with van der Waals surface area (Å²) in [6, 6.07) is 6.08. The van der Waals surface area contributed by atoms with E-state index in [1.807, 2.05) is 0 Å².